The maximum Gasteiger partial charge on any atom is 0.361 e. The summed E-state index contributed by atoms with van der Waals surface area (Å²) in [6, 6.07) is 2.82. The van der Waals surface area contributed by atoms with Gasteiger partial charge in [0.15, 0.2) is 5.82 Å². The average molecular weight is 247 g/mol. The molecule has 0 fully saturated rings. The average Bonchev–Trinajstić information content (AvgIpc) is 2.17. The van der Waals surface area contributed by atoms with E-state index in [-0.39, 0.29) is 6.61 Å². The minimum Gasteiger partial charge on any atom is -0.321 e. The zero-order chi connectivity index (χ0) is 12.3. The Morgan fingerprint density at radius 2 is 2.19 bits per heavy atom. The summed E-state index contributed by atoms with van der Waals surface area (Å²) < 4.78 is 42.4. The quantitative estimate of drug-likeness (QED) is 0.825. The summed E-state index contributed by atoms with van der Waals surface area (Å²) in [5.74, 6) is -2.44. The molecule has 0 amide bonds. The Labute approximate surface area is 90.6 Å². The number of hydrogen-bond acceptors (Lipinski definition) is 3. The number of hydrogen-bond donors (Lipinski definition) is 1. The number of halogens is 2. The lowest BCUT2D eigenvalue weighted by Crippen LogP contribution is -2.14. The summed E-state index contributed by atoms with van der Waals surface area (Å²) in [6.07, 6.45) is 0. The molecule has 1 unspecified atom stereocenters. The first-order valence-electron chi connectivity index (χ1n) is 4.30. The normalized spacial score (nSPS) is 14.2. The van der Waals surface area contributed by atoms with Gasteiger partial charge in [-0.1, -0.05) is 0 Å². The van der Waals surface area contributed by atoms with Gasteiger partial charge >= 0.3 is 7.60 Å². The molecule has 0 aliphatic rings. The van der Waals surface area contributed by atoms with Crippen LogP contribution in [0, 0.1) is 23.0 Å². The zero-order valence-corrected chi connectivity index (χ0v) is 9.17. The van der Waals surface area contributed by atoms with Gasteiger partial charge in [0.2, 0.25) is 0 Å². The highest BCUT2D eigenvalue weighted by Crippen LogP contribution is 2.41. The van der Waals surface area contributed by atoms with Crippen LogP contribution < -0.4 is 5.30 Å². The summed E-state index contributed by atoms with van der Waals surface area (Å²) in [5, 5.41) is 7.78. The Hall–Kier alpha value is -1.28. The lowest BCUT2D eigenvalue weighted by atomic mass is 10.2. The van der Waals surface area contributed by atoms with Crippen molar-refractivity contribution >= 4 is 12.9 Å². The SMILES string of the molecule is CCOP(=O)(O)c1ccc(F)c(C#N)c1F. The first-order valence-corrected chi connectivity index (χ1v) is 5.87. The van der Waals surface area contributed by atoms with Crippen LogP contribution in [-0.2, 0) is 9.09 Å². The molecule has 0 aliphatic carbocycles. The molecule has 1 N–H and O–H groups in total. The topological polar surface area (TPSA) is 70.3 Å². The van der Waals surface area contributed by atoms with Gasteiger partial charge in [-0.15, -0.1) is 0 Å². The van der Waals surface area contributed by atoms with E-state index < -0.39 is 30.1 Å². The van der Waals surface area contributed by atoms with E-state index in [4.69, 9.17) is 5.26 Å². The standard InChI is InChI=1S/C9H8F2NO3P/c1-2-15-16(13,14)8-4-3-7(10)6(5-12)9(8)11/h3-4H,2H2,1H3,(H,13,14). The molecule has 1 aromatic rings. The predicted octanol–water partition coefficient (Wildman–Crippen LogP) is 1.68. The van der Waals surface area contributed by atoms with Gasteiger partial charge < -0.3 is 9.42 Å². The van der Waals surface area contributed by atoms with Crippen LogP contribution >= 0.6 is 7.60 Å². The molecule has 0 heterocycles. The number of benzene rings is 1. The van der Waals surface area contributed by atoms with E-state index in [0.717, 1.165) is 12.1 Å². The summed E-state index contributed by atoms with van der Waals surface area (Å²) in [6.45, 7) is 1.35. The summed E-state index contributed by atoms with van der Waals surface area (Å²) >= 11 is 0. The van der Waals surface area contributed by atoms with E-state index >= 15 is 0 Å². The second-order valence-corrected chi connectivity index (χ2v) is 4.59. The van der Waals surface area contributed by atoms with Gasteiger partial charge in [0.1, 0.15) is 22.8 Å². The molecule has 0 bridgehead atoms. The lowest BCUT2D eigenvalue weighted by molar-refractivity contribution is 0.283. The maximum absolute atomic E-state index is 13.5. The molecule has 1 rings (SSSR count). The van der Waals surface area contributed by atoms with Crippen molar-refractivity contribution in [3.63, 3.8) is 0 Å². The zero-order valence-electron chi connectivity index (χ0n) is 8.28. The van der Waals surface area contributed by atoms with Crippen molar-refractivity contribution in [2.24, 2.45) is 0 Å². The highest BCUT2D eigenvalue weighted by molar-refractivity contribution is 7.61. The summed E-state index contributed by atoms with van der Waals surface area (Å²) in [7, 11) is -4.34. The highest BCUT2D eigenvalue weighted by Gasteiger charge is 2.29. The monoisotopic (exact) mass is 247 g/mol. The third-order valence-electron chi connectivity index (χ3n) is 1.79. The van der Waals surface area contributed by atoms with Gasteiger partial charge in [0.05, 0.1) is 6.61 Å². The van der Waals surface area contributed by atoms with Gasteiger partial charge in [0.25, 0.3) is 0 Å². The molecule has 1 atom stereocenters. The van der Waals surface area contributed by atoms with Gasteiger partial charge in [-0.2, -0.15) is 5.26 Å². The molecule has 0 spiro atoms. The lowest BCUT2D eigenvalue weighted by Gasteiger charge is -2.12. The van der Waals surface area contributed by atoms with Crippen molar-refractivity contribution in [3.05, 3.63) is 29.3 Å². The number of nitriles is 1. The Balaban J connectivity index is 3.38. The Bertz CT molecular complexity index is 498. The smallest absolute Gasteiger partial charge is 0.321 e. The minimum absolute atomic E-state index is 0.105. The van der Waals surface area contributed by atoms with E-state index in [1.165, 1.54) is 13.0 Å². The van der Waals surface area contributed by atoms with Crippen molar-refractivity contribution in [2.75, 3.05) is 6.61 Å². The van der Waals surface area contributed by atoms with E-state index in [2.05, 4.69) is 4.52 Å². The molecule has 0 radical (unpaired) electrons. The Morgan fingerprint density at radius 1 is 1.56 bits per heavy atom. The van der Waals surface area contributed by atoms with Gasteiger partial charge in [0, 0.05) is 0 Å². The van der Waals surface area contributed by atoms with Gasteiger partial charge in [-0.05, 0) is 19.1 Å². The third-order valence-corrected chi connectivity index (χ3v) is 3.35. The van der Waals surface area contributed by atoms with Crippen molar-refractivity contribution in [3.8, 4) is 6.07 Å². The van der Waals surface area contributed by atoms with Crippen LogP contribution in [0.25, 0.3) is 0 Å². The first-order chi connectivity index (χ1) is 7.44. The summed E-state index contributed by atoms with van der Waals surface area (Å²) in [4.78, 5) is 9.34. The van der Waals surface area contributed by atoms with E-state index in [9.17, 15) is 18.2 Å². The molecule has 0 saturated carbocycles. The van der Waals surface area contributed by atoms with Crippen LogP contribution in [0.4, 0.5) is 8.78 Å². The third kappa shape index (κ3) is 2.27. The molecule has 86 valence electrons. The molecule has 0 saturated heterocycles. The van der Waals surface area contributed by atoms with Crippen LogP contribution in [0.2, 0.25) is 0 Å². The molecule has 0 aliphatic heterocycles. The number of nitrogens with zero attached hydrogens (tertiary/aromatic N) is 1. The Morgan fingerprint density at radius 3 is 2.69 bits per heavy atom. The first kappa shape index (κ1) is 12.8. The molecule has 7 heteroatoms. The largest absolute Gasteiger partial charge is 0.361 e. The molecule has 0 aromatic heterocycles. The van der Waals surface area contributed by atoms with Crippen molar-refractivity contribution in [2.45, 2.75) is 6.92 Å². The van der Waals surface area contributed by atoms with Crippen LogP contribution in [0.3, 0.4) is 0 Å². The van der Waals surface area contributed by atoms with Gasteiger partial charge in [-0.25, -0.2) is 8.78 Å². The van der Waals surface area contributed by atoms with Crippen LogP contribution in [0.15, 0.2) is 12.1 Å². The van der Waals surface area contributed by atoms with E-state index in [1.807, 2.05) is 0 Å². The van der Waals surface area contributed by atoms with Crippen molar-refractivity contribution in [1.82, 2.24) is 0 Å². The molecule has 4 nitrogen and oxygen atoms in total. The van der Waals surface area contributed by atoms with E-state index in [1.54, 1.807) is 0 Å². The van der Waals surface area contributed by atoms with Crippen LogP contribution in [0.5, 0.6) is 0 Å². The molecule has 1 aromatic carbocycles. The fourth-order valence-corrected chi connectivity index (χ4v) is 2.22. The fraction of sp³-hybridized carbons (Fsp3) is 0.222. The van der Waals surface area contributed by atoms with Gasteiger partial charge in [-0.3, -0.25) is 4.57 Å². The van der Waals surface area contributed by atoms with E-state index in [0.29, 0.717) is 0 Å². The van der Waals surface area contributed by atoms with Crippen molar-refractivity contribution < 1.29 is 22.8 Å². The second-order valence-electron chi connectivity index (χ2n) is 2.81. The number of rotatable bonds is 3. The Kier molecular flexibility index (Phi) is 3.76. The minimum atomic E-state index is -4.34. The summed E-state index contributed by atoms with van der Waals surface area (Å²) in [5.41, 5.74) is -0.897. The molecular formula is C9H8F2NO3P. The second kappa shape index (κ2) is 4.71. The van der Waals surface area contributed by atoms with Crippen molar-refractivity contribution in [1.29, 1.82) is 5.26 Å². The molecule has 16 heavy (non-hydrogen) atoms. The van der Waals surface area contributed by atoms with Crippen LogP contribution in [-0.4, -0.2) is 11.5 Å². The highest BCUT2D eigenvalue weighted by atomic mass is 31.2. The predicted molar refractivity (Wildman–Crippen MR) is 52.2 cm³/mol. The van der Waals surface area contributed by atoms with Crippen LogP contribution in [0.1, 0.15) is 12.5 Å². The maximum atomic E-state index is 13.5. The molecular weight excluding hydrogens is 239 g/mol. The fourth-order valence-electron chi connectivity index (χ4n) is 1.11.